The van der Waals surface area contributed by atoms with Gasteiger partial charge in [0, 0.05) is 38.2 Å². The van der Waals surface area contributed by atoms with Gasteiger partial charge in [0.1, 0.15) is 5.76 Å². The lowest BCUT2D eigenvalue weighted by atomic mass is 9.98. The number of rotatable bonds is 5. The Hall–Kier alpha value is -2.70. The van der Waals surface area contributed by atoms with Gasteiger partial charge in [0.2, 0.25) is 0 Å². The molecule has 152 valence electrons. The molecule has 3 rings (SSSR count). The molecule has 2 heterocycles. The number of hydrogen-bond donors (Lipinski definition) is 1. The third-order valence-corrected chi connectivity index (χ3v) is 5.38. The van der Waals surface area contributed by atoms with E-state index in [0.717, 1.165) is 55.0 Å². The Bertz CT molecular complexity index is 840. The predicted molar refractivity (Wildman–Crippen MR) is 109 cm³/mol. The normalized spacial score (nSPS) is 15.2. The second kappa shape index (κ2) is 8.54. The molecule has 7 heteroatoms. The summed E-state index contributed by atoms with van der Waals surface area (Å²) in [5, 5.41) is 7.58. The lowest BCUT2D eigenvalue weighted by molar-refractivity contribution is 0.345. The molecule has 0 bridgehead atoms. The summed E-state index contributed by atoms with van der Waals surface area (Å²) in [4.78, 5) is 6.77. The van der Waals surface area contributed by atoms with Crippen LogP contribution < -0.4 is 14.8 Å². The first-order valence-electron chi connectivity index (χ1n) is 9.60. The summed E-state index contributed by atoms with van der Waals surface area (Å²) in [7, 11) is 5.17. The van der Waals surface area contributed by atoms with E-state index in [1.54, 1.807) is 14.2 Å². The Morgan fingerprint density at radius 3 is 2.50 bits per heavy atom. The molecule has 1 N–H and O–H groups in total. The molecular weight excluding hydrogens is 356 g/mol. The van der Waals surface area contributed by atoms with Crippen LogP contribution in [-0.4, -0.2) is 50.4 Å². The summed E-state index contributed by atoms with van der Waals surface area (Å²) in [5.41, 5.74) is 4.66. The highest BCUT2D eigenvalue weighted by atomic mass is 16.5. The van der Waals surface area contributed by atoms with Crippen molar-refractivity contribution in [2.24, 2.45) is 4.99 Å². The molecule has 1 aromatic carbocycles. The third kappa shape index (κ3) is 3.93. The van der Waals surface area contributed by atoms with Crippen molar-refractivity contribution in [3.8, 4) is 11.5 Å². The Kier molecular flexibility index (Phi) is 6.11. The van der Waals surface area contributed by atoms with Crippen LogP contribution in [-0.2, 0) is 13.0 Å². The molecule has 0 saturated carbocycles. The number of guanidine groups is 1. The average Bonchev–Trinajstić information content (AvgIpc) is 3.05. The Balaban J connectivity index is 1.69. The van der Waals surface area contributed by atoms with E-state index in [0.29, 0.717) is 0 Å². The van der Waals surface area contributed by atoms with Gasteiger partial charge < -0.3 is 24.2 Å². The number of nitrogens with zero attached hydrogens (tertiary/aromatic N) is 3. The number of ether oxygens (including phenoxy) is 2. The maximum absolute atomic E-state index is 5.46. The quantitative estimate of drug-likeness (QED) is 0.629. The predicted octanol–water partition coefficient (Wildman–Crippen LogP) is 3.05. The molecular formula is C21H30N4O3. The van der Waals surface area contributed by atoms with Crippen LogP contribution in [0.1, 0.15) is 41.0 Å². The molecule has 1 aliphatic heterocycles. The summed E-state index contributed by atoms with van der Waals surface area (Å²) < 4.78 is 16.2. The topological polar surface area (TPSA) is 72.1 Å². The standard InChI is InChI=1S/C21H30N4O3/c1-13(20-14(2)24-28-15(20)3)11-23-21(22-4)25-8-7-16-9-18(26-5)19(27-6)10-17(16)12-25/h9-10,13H,7-8,11-12H2,1-6H3,(H,22,23). The van der Waals surface area contributed by atoms with E-state index in [1.165, 1.54) is 16.7 Å². The Labute approximate surface area is 166 Å². The first kappa shape index (κ1) is 20.0. The average molecular weight is 386 g/mol. The molecule has 0 amide bonds. The SMILES string of the molecule is CN=C(NCC(C)c1c(C)noc1C)N1CCc2cc(OC)c(OC)cc2C1. The van der Waals surface area contributed by atoms with Crippen molar-refractivity contribution in [1.82, 2.24) is 15.4 Å². The van der Waals surface area contributed by atoms with E-state index in [9.17, 15) is 0 Å². The number of fused-ring (bicyclic) bond motifs is 1. The molecule has 1 unspecified atom stereocenters. The molecule has 0 spiro atoms. The van der Waals surface area contributed by atoms with Gasteiger partial charge in [-0.2, -0.15) is 0 Å². The maximum Gasteiger partial charge on any atom is 0.193 e. The first-order valence-corrected chi connectivity index (χ1v) is 9.60. The van der Waals surface area contributed by atoms with Crippen molar-refractivity contribution in [3.63, 3.8) is 0 Å². The van der Waals surface area contributed by atoms with Crippen LogP contribution in [0.15, 0.2) is 21.6 Å². The molecule has 1 aliphatic rings. The number of aromatic nitrogens is 1. The van der Waals surface area contributed by atoms with Gasteiger partial charge in [-0.25, -0.2) is 0 Å². The van der Waals surface area contributed by atoms with Gasteiger partial charge in [-0.3, -0.25) is 4.99 Å². The van der Waals surface area contributed by atoms with Crippen LogP contribution in [0.3, 0.4) is 0 Å². The monoisotopic (exact) mass is 386 g/mol. The molecule has 28 heavy (non-hydrogen) atoms. The van der Waals surface area contributed by atoms with Crippen LogP contribution in [0.5, 0.6) is 11.5 Å². The highest BCUT2D eigenvalue weighted by Gasteiger charge is 2.23. The van der Waals surface area contributed by atoms with E-state index in [1.807, 2.05) is 20.9 Å². The number of benzene rings is 1. The molecule has 1 aromatic heterocycles. The number of aliphatic imine (C=N–C) groups is 1. The zero-order valence-corrected chi connectivity index (χ0v) is 17.6. The van der Waals surface area contributed by atoms with Crippen molar-refractivity contribution in [2.45, 2.75) is 39.7 Å². The third-order valence-electron chi connectivity index (χ3n) is 5.38. The van der Waals surface area contributed by atoms with Gasteiger partial charge in [0.15, 0.2) is 17.5 Å². The Morgan fingerprint density at radius 2 is 1.93 bits per heavy atom. The molecule has 0 aliphatic carbocycles. The second-order valence-electron chi connectivity index (χ2n) is 7.21. The smallest absolute Gasteiger partial charge is 0.193 e. The van der Waals surface area contributed by atoms with Gasteiger partial charge in [-0.1, -0.05) is 12.1 Å². The Morgan fingerprint density at radius 1 is 1.25 bits per heavy atom. The number of methoxy groups -OCH3 is 2. The van der Waals surface area contributed by atoms with Crippen molar-refractivity contribution in [2.75, 3.05) is 34.4 Å². The fourth-order valence-corrected chi connectivity index (χ4v) is 3.94. The number of aryl methyl sites for hydroxylation is 2. The van der Waals surface area contributed by atoms with Gasteiger partial charge in [0.25, 0.3) is 0 Å². The van der Waals surface area contributed by atoms with E-state index in [4.69, 9.17) is 14.0 Å². The fraction of sp³-hybridized carbons (Fsp3) is 0.524. The summed E-state index contributed by atoms with van der Waals surface area (Å²) in [6.07, 6.45) is 0.940. The highest BCUT2D eigenvalue weighted by Crippen LogP contribution is 2.33. The summed E-state index contributed by atoms with van der Waals surface area (Å²) in [6.45, 7) is 8.58. The molecule has 0 fully saturated rings. The van der Waals surface area contributed by atoms with Crippen LogP contribution in [0, 0.1) is 13.8 Å². The van der Waals surface area contributed by atoms with Crippen molar-refractivity contribution in [1.29, 1.82) is 0 Å². The maximum atomic E-state index is 5.46. The van der Waals surface area contributed by atoms with Gasteiger partial charge in [0.05, 0.1) is 19.9 Å². The van der Waals surface area contributed by atoms with E-state index >= 15 is 0 Å². The van der Waals surface area contributed by atoms with E-state index < -0.39 is 0 Å². The molecule has 7 nitrogen and oxygen atoms in total. The van der Waals surface area contributed by atoms with Crippen LogP contribution >= 0.6 is 0 Å². The summed E-state index contributed by atoms with van der Waals surface area (Å²) in [6, 6.07) is 4.15. The van der Waals surface area contributed by atoms with Gasteiger partial charge >= 0.3 is 0 Å². The summed E-state index contributed by atoms with van der Waals surface area (Å²) in [5.74, 6) is 3.61. The minimum atomic E-state index is 0.282. The lowest BCUT2D eigenvalue weighted by Crippen LogP contribution is -2.45. The van der Waals surface area contributed by atoms with Gasteiger partial charge in [-0.15, -0.1) is 0 Å². The van der Waals surface area contributed by atoms with E-state index in [2.05, 4.69) is 39.4 Å². The minimum Gasteiger partial charge on any atom is -0.493 e. The largest absolute Gasteiger partial charge is 0.493 e. The minimum absolute atomic E-state index is 0.282. The molecule has 0 saturated heterocycles. The van der Waals surface area contributed by atoms with Gasteiger partial charge in [-0.05, 0) is 43.5 Å². The van der Waals surface area contributed by atoms with Crippen LogP contribution in [0.4, 0.5) is 0 Å². The molecule has 1 atom stereocenters. The number of hydrogen-bond acceptors (Lipinski definition) is 5. The lowest BCUT2D eigenvalue weighted by Gasteiger charge is -2.32. The van der Waals surface area contributed by atoms with Crippen molar-refractivity contribution >= 4 is 5.96 Å². The molecule has 0 radical (unpaired) electrons. The summed E-state index contributed by atoms with van der Waals surface area (Å²) >= 11 is 0. The zero-order valence-electron chi connectivity index (χ0n) is 17.6. The molecule has 2 aromatic rings. The fourth-order valence-electron chi connectivity index (χ4n) is 3.94. The van der Waals surface area contributed by atoms with Crippen molar-refractivity contribution < 1.29 is 14.0 Å². The highest BCUT2D eigenvalue weighted by molar-refractivity contribution is 5.80. The van der Waals surface area contributed by atoms with Crippen LogP contribution in [0.25, 0.3) is 0 Å². The van der Waals surface area contributed by atoms with Crippen LogP contribution in [0.2, 0.25) is 0 Å². The first-order chi connectivity index (χ1) is 13.5. The zero-order chi connectivity index (χ0) is 20.3. The van der Waals surface area contributed by atoms with Crippen molar-refractivity contribution in [3.05, 3.63) is 40.3 Å². The van der Waals surface area contributed by atoms with E-state index in [-0.39, 0.29) is 5.92 Å². The second-order valence-corrected chi connectivity index (χ2v) is 7.21. The number of nitrogens with one attached hydrogen (secondary N) is 1.